The lowest BCUT2D eigenvalue weighted by atomic mass is 9.66. The Morgan fingerprint density at radius 2 is 1.44 bits per heavy atom. The predicted molar refractivity (Wildman–Crippen MR) is 78.4 cm³/mol. The van der Waals surface area contributed by atoms with Gasteiger partial charge in [-0.1, -0.05) is 66.2 Å². The van der Waals surface area contributed by atoms with Gasteiger partial charge in [-0.15, -0.1) is 0 Å². The van der Waals surface area contributed by atoms with Crippen LogP contribution in [-0.4, -0.2) is 16.0 Å². The molecule has 0 saturated heterocycles. The summed E-state index contributed by atoms with van der Waals surface area (Å²) in [6, 6.07) is 0. The summed E-state index contributed by atoms with van der Waals surface area (Å²) in [4.78, 5) is 0. The Kier molecular flexibility index (Phi) is 8.13. The lowest BCUT2D eigenvalue weighted by Crippen LogP contribution is -2.48. The van der Waals surface area contributed by atoms with Crippen LogP contribution in [0.25, 0.3) is 0 Å². The van der Waals surface area contributed by atoms with Crippen LogP contribution >= 0.6 is 0 Å². The fourth-order valence-corrected chi connectivity index (χ4v) is 2.98. The fourth-order valence-electron chi connectivity index (χ4n) is 2.98. The van der Waals surface area contributed by atoms with Gasteiger partial charge >= 0.3 is 0 Å². The molecule has 0 aliphatic heterocycles. The molecule has 18 heavy (non-hydrogen) atoms. The van der Waals surface area contributed by atoms with Crippen molar-refractivity contribution >= 4 is 0 Å². The standard InChI is InChI=1S/C16H34O2/c1-6-9-10-11-12-13-14(7-2)15(4,8-3)16(5,17)18/h14,17-18H,6-13H2,1-5H3. The number of hydrogen-bond acceptors (Lipinski definition) is 2. The van der Waals surface area contributed by atoms with Gasteiger partial charge in [-0.2, -0.15) is 0 Å². The minimum absolute atomic E-state index is 0.393. The number of rotatable bonds is 10. The van der Waals surface area contributed by atoms with Crippen molar-refractivity contribution in [1.82, 2.24) is 0 Å². The molecular weight excluding hydrogens is 224 g/mol. The molecule has 0 fully saturated rings. The molecule has 2 N–H and O–H groups in total. The van der Waals surface area contributed by atoms with E-state index in [1.807, 2.05) is 6.92 Å². The van der Waals surface area contributed by atoms with E-state index in [1.165, 1.54) is 39.0 Å². The van der Waals surface area contributed by atoms with Gasteiger partial charge in [0, 0.05) is 5.41 Å². The predicted octanol–water partition coefficient (Wildman–Crippen LogP) is 4.49. The maximum atomic E-state index is 10.0. The summed E-state index contributed by atoms with van der Waals surface area (Å²) in [6.45, 7) is 10.0. The molecule has 0 heterocycles. The first-order chi connectivity index (χ1) is 8.33. The summed E-state index contributed by atoms with van der Waals surface area (Å²) in [5.41, 5.74) is -0.396. The van der Waals surface area contributed by atoms with Gasteiger partial charge in [-0.05, 0) is 25.7 Å². The summed E-state index contributed by atoms with van der Waals surface area (Å²) < 4.78 is 0. The van der Waals surface area contributed by atoms with Crippen LogP contribution < -0.4 is 0 Å². The monoisotopic (exact) mass is 258 g/mol. The second kappa shape index (κ2) is 8.16. The zero-order valence-electron chi connectivity index (χ0n) is 13.1. The molecule has 0 aromatic rings. The summed E-state index contributed by atoms with van der Waals surface area (Å²) in [7, 11) is 0. The topological polar surface area (TPSA) is 40.5 Å². The minimum atomic E-state index is -1.58. The van der Waals surface area contributed by atoms with Crippen LogP contribution in [0, 0.1) is 11.3 Å². The van der Waals surface area contributed by atoms with Crippen molar-refractivity contribution in [2.24, 2.45) is 11.3 Å². The Morgan fingerprint density at radius 3 is 1.83 bits per heavy atom. The molecule has 2 unspecified atom stereocenters. The minimum Gasteiger partial charge on any atom is -0.365 e. The zero-order chi connectivity index (χ0) is 14.2. The van der Waals surface area contributed by atoms with Crippen molar-refractivity contribution in [2.45, 2.75) is 91.8 Å². The van der Waals surface area contributed by atoms with Gasteiger partial charge in [0.05, 0.1) is 0 Å². The van der Waals surface area contributed by atoms with Crippen molar-refractivity contribution in [3.8, 4) is 0 Å². The molecule has 0 aromatic heterocycles. The van der Waals surface area contributed by atoms with Gasteiger partial charge in [0.2, 0.25) is 0 Å². The van der Waals surface area contributed by atoms with Crippen molar-refractivity contribution in [3.05, 3.63) is 0 Å². The lowest BCUT2D eigenvalue weighted by Gasteiger charge is -2.44. The number of hydrogen-bond donors (Lipinski definition) is 2. The van der Waals surface area contributed by atoms with Crippen LogP contribution in [0.2, 0.25) is 0 Å². The van der Waals surface area contributed by atoms with Crippen molar-refractivity contribution in [2.75, 3.05) is 0 Å². The Hall–Kier alpha value is -0.0800. The molecule has 2 atom stereocenters. The molecule has 0 aliphatic carbocycles. The summed E-state index contributed by atoms with van der Waals surface area (Å²) in [5.74, 6) is -1.18. The van der Waals surface area contributed by atoms with Crippen LogP contribution in [-0.2, 0) is 0 Å². The van der Waals surface area contributed by atoms with E-state index in [2.05, 4.69) is 20.8 Å². The van der Waals surface area contributed by atoms with Gasteiger partial charge in [0.1, 0.15) is 0 Å². The molecule has 0 rings (SSSR count). The Labute approximate surface area is 114 Å². The third-order valence-corrected chi connectivity index (χ3v) is 4.87. The summed E-state index contributed by atoms with van der Waals surface area (Å²) in [5, 5.41) is 20.1. The van der Waals surface area contributed by atoms with Gasteiger partial charge in [-0.25, -0.2) is 0 Å². The van der Waals surface area contributed by atoms with E-state index in [9.17, 15) is 10.2 Å². The highest BCUT2D eigenvalue weighted by Gasteiger charge is 2.45. The average molecular weight is 258 g/mol. The maximum absolute atomic E-state index is 10.0. The quantitative estimate of drug-likeness (QED) is 0.448. The fraction of sp³-hybridized carbons (Fsp3) is 1.00. The number of unbranched alkanes of at least 4 members (excludes halogenated alkanes) is 4. The normalized spacial score (nSPS) is 17.5. The Bertz CT molecular complexity index is 208. The van der Waals surface area contributed by atoms with E-state index >= 15 is 0 Å². The second-order valence-electron chi connectivity index (χ2n) is 6.10. The van der Waals surface area contributed by atoms with Crippen LogP contribution in [0.3, 0.4) is 0 Å². The third kappa shape index (κ3) is 4.89. The SMILES string of the molecule is CCCCCCCC(CC)C(C)(CC)C(C)(O)O. The molecule has 0 saturated carbocycles. The Morgan fingerprint density at radius 1 is 0.889 bits per heavy atom. The smallest absolute Gasteiger partial charge is 0.165 e. The van der Waals surface area contributed by atoms with E-state index in [4.69, 9.17) is 0 Å². The van der Waals surface area contributed by atoms with Crippen molar-refractivity contribution in [3.63, 3.8) is 0 Å². The van der Waals surface area contributed by atoms with Crippen LogP contribution in [0.1, 0.15) is 86.0 Å². The molecule has 0 amide bonds. The van der Waals surface area contributed by atoms with E-state index in [1.54, 1.807) is 0 Å². The van der Waals surface area contributed by atoms with Crippen LogP contribution in [0.4, 0.5) is 0 Å². The summed E-state index contributed by atoms with van der Waals surface area (Å²) >= 11 is 0. The maximum Gasteiger partial charge on any atom is 0.165 e. The van der Waals surface area contributed by atoms with Gasteiger partial charge in [-0.3, -0.25) is 0 Å². The number of aliphatic hydroxyl groups is 2. The van der Waals surface area contributed by atoms with Gasteiger partial charge < -0.3 is 10.2 Å². The van der Waals surface area contributed by atoms with Crippen molar-refractivity contribution in [1.29, 1.82) is 0 Å². The highest BCUT2D eigenvalue weighted by Crippen LogP contribution is 2.44. The molecular formula is C16H34O2. The average Bonchev–Trinajstić information content (AvgIpc) is 2.31. The highest BCUT2D eigenvalue weighted by molar-refractivity contribution is 4.89. The molecule has 2 heteroatoms. The lowest BCUT2D eigenvalue weighted by molar-refractivity contribution is -0.244. The molecule has 2 nitrogen and oxygen atoms in total. The molecule has 0 radical (unpaired) electrons. The molecule has 0 aromatic carbocycles. The van der Waals surface area contributed by atoms with E-state index in [0.717, 1.165) is 19.3 Å². The molecule has 110 valence electrons. The van der Waals surface area contributed by atoms with Crippen molar-refractivity contribution < 1.29 is 10.2 Å². The third-order valence-electron chi connectivity index (χ3n) is 4.87. The summed E-state index contributed by atoms with van der Waals surface area (Å²) in [6.07, 6.45) is 9.34. The van der Waals surface area contributed by atoms with Crippen LogP contribution in [0.15, 0.2) is 0 Å². The van der Waals surface area contributed by atoms with Crippen LogP contribution in [0.5, 0.6) is 0 Å². The van der Waals surface area contributed by atoms with E-state index < -0.39 is 11.2 Å². The van der Waals surface area contributed by atoms with E-state index in [-0.39, 0.29) is 0 Å². The molecule has 0 bridgehead atoms. The molecule has 0 aliphatic rings. The second-order valence-corrected chi connectivity index (χ2v) is 6.10. The Balaban J connectivity index is 4.37. The first-order valence-corrected chi connectivity index (χ1v) is 7.78. The zero-order valence-corrected chi connectivity index (χ0v) is 13.1. The largest absolute Gasteiger partial charge is 0.365 e. The van der Waals surface area contributed by atoms with Gasteiger partial charge in [0.25, 0.3) is 0 Å². The van der Waals surface area contributed by atoms with Gasteiger partial charge in [0.15, 0.2) is 5.79 Å². The highest BCUT2D eigenvalue weighted by atomic mass is 16.5. The first kappa shape index (κ1) is 17.9. The molecule has 0 spiro atoms. The first-order valence-electron chi connectivity index (χ1n) is 7.78. The van der Waals surface area contributed by atoms with E-state index in [0.29, 0.717) is 5.92 Å².